The summed E-state index contributed by atoms with van der Waals surface area (Å²) in [6.45, 7) is 5.30. The second-order valence-corrected chi connectivity index (χ2v) is 11.6. The maximum atomic E-state index is 12.9. The third-order valence-corrected chi connectivity index (χ3v) is 7.60. The van der Waals surface area contributed by atoms with Crippen molar-refractivity contribution in [2.45, 2.75) is 50.5 Å². The number of nitro groups is 2. The molecule has 3 aromatic carbocycles. The molecule has 224 valence electrons. The van der Waals surface area contributed by atoms with Gasteiger partial charge < -0.3 is 4.74 Å². The average molecular weight is 595 g/mol. The van der Waals surface area contributed by atoms with Gasteiger partial charge in [0, 0.05) is 47.2 Å². The van der Waals surface area contributed by atoms with Crippen molar-refractivity contribution in [1.82, 2.24) is 4.98 Å². The number of allylic oxidation sites excluding steroid dienone is 2. The zero-order chi connectivity index (χ0) is 31.6. The Morgan fingerprint density at radius 3 is 2.09 bits per heavy atom. The van der Waals surface area contributed by atoms with Gasteiger partial charge >= 0.3 is 6.09 Å². The van der Waals surface area contributed by atoms with Gasteiger partial charge in [0.1, 0.15) is 11.9 Å². The van der Waals surface area contributed by atoms with E-state index in [1.807, 2.05) is 30.3 Å². The molecule has 0 aliphatic heterocycles. The van der Waals surface area contributed by atoms with Crippen molar-refractivity contribution in [2.24, 2.45) is 0 Å². The standard InChI is InChI=1S/C33H30N4O7/c1-33(2,3)44-32(39)35-28-18-29(34-27-7-5-4-6-26(27)28)31-25(20-8-13-23(14-9-20)36(40)41)17-12-22(19-38)30(31)21-10-15-24(16-11-21)37(42)43/h4-16,18-19,25,30-31H,17H2,1-3H3,(H,34,35,39)/t25-,30+,31-/m0/s1. The highest BCUT2D eigenvalue weighted by molar-refractivity contribution is 5.99. The number of pyridine rings is 1. The Morgan fingerprint density at radius 2 is 1.52 bits per heavy atom. The van der Waals surface area contributed by atoms with Crippen molar-refractivity contribution >= 4 is 40.3 Å². The van der Waals surface area contributed by atoms with Crippen LogP contribution in [0.5, 0.6) is 0 Å². The number of nitrogens with zero attached hydrogens (tertiary/aromatic N) is 3. The van der Waals surface area contributed by atoms with E-state index in [2.05, 4.69) is 5.32 Å². The molecule has 1 amide bonds. The fourth-order valence-electron chi connectivity index (χ4n) is 5.75. The molecule has 0 radical (unpaired) electrons. The molecule has 44 heavy (non-hydrogen) atoms. The average Bonchev–Trinajstić information content (AvgIpc) is 2.99. The van der Waals surface area contributed by atoms with E-state index in [1.165, 1.54) is 24.3 Å². The van der Waals surface area contributed by atoms with E-state index in [0.717, 1.165) is 11.8 Å². The van der Waals surface area contributed by atoms with Crippen LogP contribution < -0.4 is 5.32 Å². The summed E-state index contributed by atoms with van der Waals surface area (Å²) in [6.07, 6.45) is 2.41. The van der Waals surface area contributed by atoms with Gasteiger partial charge in [0.2, 0.25) is 0 Å². The molecule has 0 unspecified atom stereocenters. The van der Waals surface area contributed by atoms with E-state index < -0.39 is 33.4 Å². The van der Waals surface area contributed by atoms with E-state index >= 15 is 0 Å². The van der Waals surface area contributed by atoms with Crippen molar-refractivity contribution in [3.8, 4) is 0 Å². The number of para-hydroxylation sites is 1. The smallest absolute Gasteiger partial charge is 0.412 e. The van der Waals surface area contributed by atoms with E-state index in [0.29, 0.717) is 39.8 Å². The van der Waals surface area contributed by atoms with Crippen molar-refractivity contribution in [3.63, 3.8) is 0 Å². The Bertz CT molecular complexity index is 1780. The third kappa shape index (κ3) is 6.31. The molecule has 4 aromatic rings. The summed E-state index contributed by atoms with van der Waals surface area (Å²) < 4.78 is 5.52. The van der Waals surface area contributed by atoms with Crippen LogP contribution in [0.3, 0.4) is 0 Å². The monoisotopic (exact) mass is 594 g/mol. The maximum absolute atomic E-state index is 12.9. The lowest BCUT2D eigenvalue weighted by Gasteiger charge is -2.38. The number of hydrogen-bond acceptors (Lipinski definition) is 8. The molecule has 1 aromatic heterocycles. The first-order chi connectivity index (χ1) is 20.9. The molecule has 11 nitrogen and oxygen atoms in total. The van der Waals surface area contributed by atoms with Crippen LogP contribution in [-0.2, 0) is 9.53 Å². The van der Waals surface area contributed by atoms with Gasteiger partial charge in [-0.2, -0.15) is 0 Å². The first-order valence-electron chi connectivity index (χ1n) is 14.0. The van der Waals surface area contributed by atoms with Crippen molar-refractivity contribution in [1.29, 1.82) is 0 Å². The van der Waals surface area contributed by atoms with Gasteiger partial charge in [0.25, 0.3) is 11.4 Å². The number of aldehydes is 1. The van der Waals surface area contributed by atoms with Gasteiger partial charge in [-0.05, 0) is 61.9 Å². The molecule has 1 heterocycles. The van der Waals surface area contributed by atoms with Crippen LogP contribution in [0.4, 0.5) is 21.9 Å². The highest BCUT2D eigenvalue weighted by Gasteiger charge is 2.39. The molecule has 0 bridgehead atoms. The molecule has 5 rings (SSSR count). The molecular weight excluding hydrogens is 564 g/mol. The number of carbonyl (C=O) groups excluding carboxylic acids is 2. The molecule has 0 saturated carbocycles. The molecule has 11 heteroatoms. The summed E-state index contributed by atoms with van der Waals surface area (Å²) in [7, 11) is 0. The van der Waals surface area contributed by atoms with Gasteiger partial charge in [0.05, 0.1) is 21.1 Å². The SMILES string of the molecule is CC(C)(C)OC(=O)Nc1cc([C@@H]2[C@H](c3ccc([N+](=O)[O-])cc3)CC=C(C=O)[C@H]2c2ccc([N+](=O)[O-])cc2)nc2ccccc12. The van der Waals surface area contributed by atoms with Gasteiger partial charge in [-0.25, -0.2) is 4.79 Å². The number of benzene rings is 3. The predicted octanol–water partition coefficient (Wildman–Crippen LogP) is 7.58. The number of non-ortho nitro benzene ring substituents is 2. The summed E-state index contributed by atoms with van der Waals surface area (Å²) in [4.78, 5) is 52.1. The summed E-state index contributed by atoms with van der Waals surface area (Å²) in [5.41, 5.74) is 2.71. The molecule has 3 atom stereocenters. The number of rotatable bonds is 7. The van der Waals surface area contributed by atoms with Crippen LogP contribution in [-0.4, -0.2) is 32.8 Å². The Labute approximate surface area is 252 Å². The first-order valence-corrected chi connectivity index (χ1v) is 14.0. The van der Waals surface area contributed by atoms with Crippen molar-refractivity contribution < 1.29 is 24.2 Å². The highest BCUT2D eigenvalue weighted by atomic mass is 16.6. The van der Waals surface area contributed by atoms with Gasteiger partial charge in [-0.15, -0.1) is 0 Å². The second-order valence-electron chi connectivity index (χ2n) is 11.6. The maximum Gasteiger partial charge on any atom is 0.412 e. The number of nitro benzene ring substituents is 2. The van der Waals surface area contributed by atoms with Crippen LogP contribution in [0.25, 0.3) is 10.9 Å². The third-order valence-electron chi connectivity index (χ3n) is 7.60. The number of anilines is 1. The minimum absolute atomic E-state index is 0.0511. The second kappa shape index (κ2) is 12.0. The van der Waals surface area contributed by atoms with E-state index in [-0.39, 0.29) is 17.3 Å². The molecular formula is C33H30N4O7. The van der Waals surface area contributed by atoms with Crippen LogP contribution >= 0.6 is 0 Å². The summed E-state index contributed by atoms with van der Waals surface area (Å²) >= 11 is 0. The molecule has 0 spiro atoms. The quantitative estimate of drug-likeness (QED) is 0.130. The van der Waals surface area contributed by atoms with Crippen molar-refractivity contribution in [3.05, 3.63) is 128 Å². The molecule has 1 aliphatic rings. The minimum Gasteiger partial charge on any atom is -0.444 e. The lowest BCUT2D eigenvalue weighted by molar-refractivity contribution is -0.385. The van der Waals surface area contributed by atoms with E-state index in [9.17, 15) is 29.8 Å². The largest absolute Gasteiger partial charge is 0.444 e. The predicted molar refractivity (Wildman–Crippen MR) is 165 cm³/mol. The normalized spacial score (nSPS) is 18.2. The zero-order valence-corrected chi connectivity index (χ0v) is 24.3. The van der Waals surface area contributed by atoms with Crippen LogP contribution in [0.1, 0.15) is 61.8 Å². The number of aromatic nitrogens is 1. The molecule has 0 saturated heterocycles. The van der Waals surface area contributed by atoms with Crippen molar-refractivity contribution in [2.75, 3.05) is 5.32 Å². The van der Waals surface area contributed by atoms with Gasteiger partial charge in [-0.1, -0.05) is 48.5 Å². The van der Waals surface area contributed by atoms with Crippen LogP contribution in [0.2, 0.25) is 0 Å². The Kier molecular flexibility index (Phi) is 8.21. The number of fused-ring (bicyclic) bond motifs is 1. The number of carbonyl (C=O) groups is 2. The fourth-order valence-corrected chi connectivity index (χ4v) is 5.75. The lowest BCUT2D eigenvalue weighted by Crippen LogP contribution is -2.28. The van der Waals surface area contributed by atoms with Gasteiger partial charge in [-0.3, -0.25) is 35.3 Å². The summed E-state index contributed by atoms with van der Waals surface area (Å²) in [5, 5.41) is 26.3. The summed E-state index contributed by atoms with van der Waals surface area (Å²) in [5.74, 6) is -1.35. The number of amides is 1. The Balaban J connectivity index is 1.71. The first kappa shape index (κ1) is 30.0. The number of nitrogens with one attached hydrogen (secondary N) is 1. The van der Waals surface area contributed by atoms with Crippen LogP contribution in [0, 0.1) is 20.2 Å². The van der Waals surface area contributed by atoms with E-state index in [4.69, 9.17) is 9.72 Å². The molecule has 1 aliphatic carbocycles. The van der Waals surface area contributed by atoms with Crippen LogP contribution in [0.15, 0.2) is 90.5 Å². The lowest BCUT2D eigenvalue weighted by atomic mass is 9.65. The molecule has 1 N–H and O–H groups in total. The highest BCUT2D eigenvalue weighted by Crippen LogP contribution is 2.52. The van der Waals surface area contributed by atoms with Gasteiger partial charge in [0.15, 0.2) is 0 Å². The van der Waals surface area contributed by atoms with E-state index in [1.54, 1.807) is 51.1 Å². The molecule has 0 fully saturated rings. The Hall–Kier alpha value is -5.45. The fraction of sp³-hybridized carbons (Fsp3) is 0.242. The zero-order valence-electron chi connectivity index (χ0n) is 24.3. The Morgan fingerprint density at radius 1 is 0.932 bits per heavy atom. The minimum atomic E-state index is -0.731. The number of ether oxygens (including phenoxy) is 1. The summed E-state index contributed by atoms with van der Waals surface area (Å²) in [6, 6.07) is 21.4. The topological polar surface area (TPSA) is 155 Å². The number of hydrogen-bond donors (Lipinski definition) is 1.